The minimum atomic E-state index is 0. The summed E-state index contributed by atoms with van der Waals surface area (Å²) in [5, 5.41) is 12.0. The van der Waals surface area contributed by atoms with Gasteiger partial charge in [-0.1, -0.05) is 45.9 Å². The molecule has 1 N–H and O–H groups in total. The number of nitrogens with zero attached hydrogens (tertiary/aromatic N) is 1. The number of allylic oxidation sites excluding steroid dienone is 2. The molecule has 5 rings (SSSR count). The van der Waals surface area contributed by atoms with Crippen LogP contribution in [0.25, 0.3) is 22.0 Å². The largest absolute Gasteiger partial charge is 0.512 e. The van der Waals surface area contributed by atoms with Crippen molar-refractivity contribution in [3.05, 3.63) is 76.7 Å². The Morgan fingerprint density at radius 3 is 2.44 bits per heavy atom. The molecule has 1 aromatic heterocycles. The minimum Gasteiger partial charge on any atom is -0.512 e. The van der Waals surface area contributed by atoms with Crippen molar-refractivity contribution in [3.63, 3.8) is 0 Å². The molecule has 2 aliphatic rings. The number of rotatable bonds is 2. The summed E-state index contributed by atoms with van der Waals surface area (Å²) in [6.07, 6.45) is 7.53. The van der Waals surface area contributed by atoms with Gasteiger partial charge >= 0.3 is 0 Å². The average molecular weight is 633 g/mol. The van der Waals surface area contributed by atoms with E-state index in [2.05, 4.69) is 75.1 Å². The van der Waals surface area contributed by atoms with Crippen molar-refractivity contribution in [2.45, 2.75) is 72.1 Å². The average Bonchev–Trinajstić information content (AvgIpc) is 2.78. The molecule has 1 atom stereocenters. The number of fused-ring (bicyclic) bond motifs is 2. The molecule has 1 heterocycles. The number of carbonyl (C=O) groups excluding carboxylic acids is 1. The summed E-state index contributed by atoms with van der Waals surface area (Å²) >= 11 is 0. The Morgan fingerprint density at radius 2 is 1.76 bits per heavy atom. The monoisotopic (exact) mass is 633 g/mol. The van der Waals surface area contributed by atoms with Crippen molar-refractivity contribution in [2.24, 2.45) is 5.92 Å². The van der Waals surface area contributed by atoms with Crippen LogP contribution in [-0.2, 0) is 24.9 Å². The second-order valence-electron chi connectivity index (χ2n) is 9.81. The van der Waals surface area contributed by atoms with Crippen molar-refractivity contribution >= 4 is 16.6 Å². The zero-order valence-electron chi connectivity index (χ0n) is 20.6. The first kappa shape index (κ1) is 26.3. The van der Waals surface area contributed by atoms with Gasteiger partial charge in [-0.25, -0.2) is 0 Å². The summed E-state index contributed by atoms with van der Waals surface area (Å²) in [5.74, 6) is 1.51. The van der Waals surface area contributed by atoms with Crippen molar-refractivity contribution in [1.82, 2.24) is 4.98 Å². The van der Waals surface area contributed by atoms with Crippen LogP contribution >= 0.6 is 0 Å². The van der Waals surface area contributed by atoms with Crippen LogP contribution in [-0.4, -0.2) is 15.9 Å². The molecule has 181 valence electrons. The molecule has 2 aliphatic carbocycles. The van der Waals surface area contributed by atoms with Crippen molar-refractivity contribution < 1.29 is 30.0 Å². The molecule has 3 nitrogen and oxygen atoms in total. The molecule has 0 bridgehead atoms. The van der Waals surface area contributed by atoms with E-state index in [1.54, 1.807) is 0 Å². The van der Waals surface area contributed by atoms with Crippen LogP contribution in [0.2, 0.25) is 0 Å². The van der Waals surface area contributed by atoms with E-state index in [0.717, 1.165) is 54.5 Å². The second-order valence-corrected chi connectivity index (χ2v) is 9.81. The molecule has 2 aromatic carbocycles. The Bertz CT molecular complexity index is 1190. The van der Waals surface area contributed by atoms with E-state index >= 15 is 0 Å². The number of aliphatic hydroxyl groups excluding tert-OH is 1. The Morgan fingerprint density at radius 1 is 1.03 bits per heavy atom. The van der Waals surface area contributed by atoms with E-state index in [-0.39, 0.29) is 25.9 Å². The third-order valence-corrected chi connectivity index (χ3v) is 6.80. The van der Waals surface area contributed by atoms with E-state index in [1.165, 1.54) is 21.9 Å². The minimum absolute atomic E-state index is 0. The maximum atomic E-state index is 11.4. The zero-order valence-corrected chi connectivity index (χ0v) is 23.0. The van der Waals surface area contributed by atoms with E-state index < -0.39 is 0 Å². The van der Waals surface area contributed by atoms with Gasteiger partial charge in [0.1, 0.15) is 0 Å². The van der Waals surface area contributed by atoms with Gasteiger partial charge in [0.25, 0.3) is 0 Å². The van der Waals surface area contributed by atoms with Gasteiger partial charge in [-0.2, -0.15) is 0 Å². The topological polar surface area (TPSA) is 50.2 Å². The van der Waals surface area contributed by atoms with Gasteiger partial charge in [-0.3, -0.25) is 4.79 Å². The number of carbonyl (C=O) groups is 1. The van der Waals surface area contributed by atoms with Gasteiger partial charge in [0.05, 0.1) is 5.76 Å². The van der Waals surface area contributed by atoms with E-state index in [0.29, 0.717) is 24.0 Å². The first-order valence-electron chi connectivity index (χ1n) is 12.2. The zero-order chi connectivity index (χ0) is 23.5. The molecular formula is C30H34IrNO2-. The molecule has 34 heavy (non-hydrogen) atoms. The number of aryl methyl sites for hydroxylation is 2. The molecule has 4 heteroatoms. The van der Waals surface area contributed by atoms with Crippen molar-refractivity contribution in [2.75, 3.05) is 0 Å². The van der Waals surface area contributed by atoms with Crippen LogP contribution in [0, 0.1) is 25.8 Å². The Labute approximate surface area is 217 Å². The van der Waals surface area contributed by atoms with Gasteiger partial charge < -0.3 is 10.1 Å². The van der Waals surface area contributed by atoms with Crippen molar-refractivity contribution in [1.29, 1.82) is 0 Å². The van der Waals surface area contributed by atoms with E-state index in [1.807, 2.05) is 6.20 Å². The van der Waals surface area contributed by atoms with Crippen LogP contribution in [0.1, 0.15) is 75.0 Å². The van der Waals surface area contributed by atoms with Crippen LogP contribution in [0.4, 0.5) is 0 Å². The number of ketones is 1. The first-order valence-corrected chi connectivity index (χ1v) is 12.2. The Balaban J connectivity index is 0.000000212. The molecule has 1 saturated carbocycles. The molecule has 1 radical (unpaired) electrons. The maximum absolute atomic E-state index is 11.4. The Hall–Kier alpha value is -2.29. The molecular weight excluding hydrogens is 599 g/mol. The number of aliphatic hydroxyl groups is 1. The Kier molecular flexibility index (Phi) is 8.84. The van der Waals surface area contributed by atoms with Crippen LogP contribution in [0.5, 0.6) is 0 Å². The fourth-order valence-electron chi connectivity index (χ4n) is 5.14. The number of benzene rings is 2. The maximum Gasteiger partial charge on any atom is 0.162 e. The molecule has 0 aliphatic heterocycles. The summed E-state index contributed by atoms with van der Waals surface area (Å²) in [5.41, 5.74) is 6.64. The number of aromatic nitrogens is 1. The smallest absolute Gasteiger partial charge is 0.162 e. The third kappa shape index (κ3) is 5.85. The first-order chi connectivity index (χ1) is 15.8. The van der Waals surface area contributed by atoms with E-state index in [9.17, 15) is 9.90 Å². The number of hydrogen-bond donors (Lipinski definition) is 1. The summed E-state index contributed by atoms with van der Waals surface area (Å²) in [7, 11) is 0. The summed E-state index contributed by atoms with van der Waals surface area (Å²) < 4.78 is 0. The third-order valence-electron chi connectivity index (χ3n) is 6.80. The fourth-order valence-corrected chi connectivity index (χ4v) is 5.14. The molecule has 0 saturated heterocycles. The fraction of sp³-hybridized carbons (Fsp3) is 0.400. The van der Waals surface area contributed by atoms with Gasteiger partial charge in [0.15, 0.2) is 5.78 Å². The number of hydrogen-bond acceptors (Lipinski definition) is 3. The SMILES string of the molecule is Cc1[c-]c(-c2nccc3cc(C(C)C)ccc23)cc(C)c1.O=C1CCCC2CCCC(O)=C12.[Ir]. The molecule has 1 unspecified atom stereocenters. The standard InChI is InChI=1S/C20H20N.C10H14O2.Ir/c1-13(2)16-5-6-19-17(12-16)7-8-21-20(19)18-10-14(3)9-15(4)11-18;11-8-5-1-3-7-4-2-6-9(12)10(7)8;/h5-10,12-13H,1-4H3;7,11H,1-6H2;/q-1;;. The molecule has 0 spiro atoms. The predicted molar refractivity (Wildman–Crippen MR) is 135 cm³/mol. The quantitative estimate of drug-likeness (QED) is 0.294. The summed E-state index contributed by atoms with van der Waals surface area (Å²) in [6, 6.07) is 16.5. The van der Waals surface area contributed by atoms with E-state index in [4.69, 9.17) is 0 Å². The summed E-state index contributed by atoms with van der Waals surface area (Å²) in [4.78, 5) is 16.0. The predicted octanol–water partition coefficient (Wildman–Crippen LogP) is 7.79. The van der Waals surface area contributed by atoms with Gasteiger partial charge in [0, 0.05) is 44.7 Å². The molecule has 0 amide bonds. The van der Waals surface area contributed by atoms with Crippen molar-refractivity contribution in [3.8, 4) is 11.3 Å². The van der Waals surface area contributed by atoms with Crippen LogP contribution < -0.4 is 0 Å². The van der Waals surface area contributed by atoms with Crippen LogP contribution in [0.3, 0.4) is 0 Å². The van der Waals surface area contributed by atoms with Gasteiger partial charge in [-0.15, -0.1) is 34.9 Å². The number of Topliss-reactive ketones (excluding diaryl/α,β-unsaturated/α-hetero) is 1. The number of pyridine rings is 1. The molecule has 3 aromatic rings. The second kappa shape index (κ2) is 11.4. The molecule has 1 fully saturated rings. The van der Waals surface area contributed by atoms with Gasteiger partial charge in [0.2, 0.25) is 0 Å². The normalized spacial score (nSPS) is 17.7. The summed E-state index contributed by atoms with van der Waals surface area (Å²) in [6.45, 7) is 8.65. The van der Waals surface area contributed by atoms with Gasteiger partial charge in [-0.05, 0) is 65.6 Å². The van der Waals surface area contributed by atoms with Crippen LogP contribution in [0.15, 0.2) is 53.9 Å².